The number of thioether (sulfide) groups is 1. The molecule has 0 saturated carbocycles. The normalized spacial score (nSPS) is 15.0. The number of carbonyl (C=O) groups is 2. The van der Waals surface area contributed by atoms with Gasteiger partial charge in [-0.25, -0.2) is 13.1 Å². The van der Waals surface area contributed by atoms with Crippen LogP contribution in [-0.2, 0) is 31.5 Å². The van der Waals surface area contributed by atoms with Gasteiger partial charge < -0.3 is 25.4 Å². The van der Waals surface area contributed by atoms with Crippen molar-refractivity contribution in [2.45, 2.75) is 74.2 Å². The van der Waals surface area contributed by atoms with Crippen LogP contribution in [0.3, 0.4) is 0 Å². The molecule has 0 fully saturated rings. The maximum absolute atomic E-state index is 14.2. The number of phenolic OH excluding ortho intramolecular Hbond substituents is 1. The highest BCUT2D eigenvalue weighted by Gasteiger charge is 2.42. The zero-order chi connectivity index (χ0) is 37.2. The Bertz CT molecular complexity index is 1900. The van der Waals surface area contributed by atoms with Crippen LogP contribution in [0.25, 0.3) is 0 Å². The summed E-state index contributed by atoms with van der Waals surface area (Å²) in [5.41, 5.74) is 0.987. The Balaban J connectivity index is 1.59. The topological polar surface area (TPSA) is 191 Å². The van der Waals surface area contributed by atoms with Crippen LogP contribution in [0.4, 0.5) is 11.4 Å². The number of benzene rings is 3. The highest BCUT2D eigenvalue weighted by molar-refractivity contribution is 7.98. The Morgan fingerprint density at radius 1 is 1.02 bits per heavy atom. The molecule has 3 aromatic carbocycles. The number of aromatic hydroxyl groups is 1. The summed E-state index contributed by atoms with van der Waals surface area (Å²) in [6, 6.07) is 16.9. The van der Waals surface area contributed by atoms with E-state index in [1.165, 1.54) is 36.0 Å². The number of nitrogens with zero attached hydrogens (tertiary/aromatic N) is 1. The molecule has 0 radical (unpaired) electrons. The fourth-order valence-corrected chi connectivity index (χ4v) is 8.51. The summed E-state index contributed by atoms with van der Waals surface area (Å²) in [6.07, 6.45) is 6.74. The van der Waals surface area contributed by atoms with Gasteiger partial charge in [0.1, 0.15) is 16.4 Å². The summed E-state index contributed by atoms with van der Waals surface area (Å²) in [4.78, 5) is 28.4. The molecule has 0 aromatic heterocycles. The molecule has 51 heavy (non-hydrogen) atoms. The second-order valence-electron chi connectivity index (χ2n) is 12.4. The van der Waals surface area contributed by atoms with Gasteiger partial charge in [-0.05, 0) is 55.0 Å². The number of nitrogens with one attached hydrogen (secondary N) is 3. The lowest BCUT2D eigenvalue weighted by atomic mass is 9.87. The molecular weight excluding hydrogens is 717 g/mol. The highest BCUT2D eigenvalue weighted by Crippen LogP contribution is 2.44. The lowest BCUT2D eigenvalue weighted by Gasteiger charge is -2.37. The van der Waals surface area contributed by atoms with Crippen molar-refractivity contribution in [2.24, 2.45) is 0 Å². The van der Waals surface area contributed by atoms with Crippen molar-refractivity contribution in [3.8, 4) is 11.5 Å². The monoisotopic (exact) mass is 762 g/mol. The summed E-state index contributed by atoms with van der Waals surface area (Å²) in [5.74, 6) is -1.97. The van der Waals surface area contributed by atoms with Crippen LogP contribution in [0.15, 0.2) is 70.5 Å². The number of carbonyl (C=O) groups excluding carboxylic acids is 2. The van der Waals surface area contributed by atoms with Gasteiger partial charge in [-0.3, -0.25) is 14.1 Å². The Morgan fingerprint density at radius 3 is 2.33 bits per heavy atom. The minimum absolute atomic E-state index is 0.00314. The average Bonchev–Trinajstić information content (AvgIpc) is 3.19. The van der Waals surface area contributed by atoms with Crippen molar-refractivity contribution >= 4 is 55.1 Å². The van der Waals surface area contributed by atoms with Crippen LogP contribution in [0, 0.1) is 0 Å². The number of para-hydroxylation sites is 1. The largest absolute Gasteiger partial charge is 0.508 e. The van der Waals surface area contributed by atoms with E-state index in [9.17, 15) is 31.5 Å². The van der Waals surface area contributed by atoms with E-state index < -0.39 is 49.9 Å². The fraction of sp³-hybridized carbons (Fsp3) is 0.429. The van der Waals surface area contributed by atoms with E-state index in [2.05, 4.69) is 34.1 Å². The van der Waals surface area contributed by atoms with E-state index in [-0.39, 0.29) is 35.0 Å². The highest BCUT2D eigenvalue weighted by atomic mass is 32.2. The molecule has 0 bridgehead atoms. The lowest BCUT2D eigenvalue weighted by Crippen LogP contribution is -2.53. The zero-order valence-corrected chi connectivity index (χ0v) is 31.4. The van der Waals surface area contributed by atoms with Crippen LogP contribution in [-0.4, -0.2) is 75.6 Å². The number of hydrogen-bond acceptors (Lipinski definition) is 10. The Labute approximate surface area is 304 Å². The van der Waals surface area contributed by atoms with Crippen molar-refractivity contribution in [3.63, 3.8) is 0 Å². The molecule has 278 valence electrons. The molecule has 0 atom stereocenters. The first kappa shape index (κ1) is 39.9. The van der Waals surface area contributed by atoms with Crippen molar-refractivity contribution in [1.82, 2.24) is 15.4 Å². The number of phenols is 1. The quantitative estimate of drug-likeness (QED) is 0.0921. The Morgan fingerprint density at radius 2 is 1.71 bits per heavy atom. The molecule has 1 aliphatic heterocycles. The number of unbranched alkanes of at least 4 members (excludes halogenated alkanes) is 2. The molecular formula is C35H46N4O9S3. The van der Waals surface area contributed by atoms with Crippen molar-refractivity contribution in [3.05, 3.63) is 71.8 Å². The van der Waals surface area contributed by atoms with Crippen molar-refractivity contribution in [2.75, 3.05) is 36.6 Å². The molecule has 13 nitrogen and oxygen atoms in total. The minimum atomic E-state index is -4.29. The van der Waals surface area contributed by atoms with Gasteiger partial charge in [-0.2, -0.15) is 8.42 Å². The van der Waals surface area contributed by atoms with Crippen molar-refractivity contribution in [1.29, 1.82) is 0 Å². The van der Waals surface area contributed by atoms with Crippen LogP contribution in [0.2, 0.25) is 0 Å². The summed E-state index contributed by atoms with van der Waals surface area (Å²) in [7, 11) is -8.33. The first-order valence-electron chi connectivity index (χ1n) is 16.7. The molecule has 0 saturated heterocycles. The molecule has 0 unspecified atom stereocenters. The SMILES string of the molecule is CCCCC1(CCCC)CN(c2ccccc2)c2cc(SC)c(OCC(=O)NCc3ccc(O)cc3C(=O)NCCS(=O)(=O)O)cc2S(=O)(=O)N1. The number of amides is 2. The van der Waals surface area contributed by atoms with E-state index in [0.717, 1.165) is 31.4 Å². The Kier molecular flexibility index (Phi) is 13.8. The zero-order valence-electron chi connectivity index (χ0n) is 29.0. The number of sulfonamides is 1. The van der Waals surface area contributed by atoms with Crippen LogP contribution in [0.1, 0.15) is 68.3 Å². The predicted molar refractivity (Wildman–Crippen MR) is 198 cm³/mol. The summed E-state index contributed by atoms with van der Waals surface area (Å²) in [5, 5.41) is 14.9. The minimum Gasteiger partial charge on any atom is -0.508 e. The third-order valence-electron chi connectivity index (χ3n) is 8.54. The standard InChI is InChI=1S/C35H46N4O9S3/c1-4-6-15-35(16-7-5-2)24-39(26-11-9-8-10-12-26)29-20-31(49-3)30(21-32(29)51(46,47)38-35)48-23-33(41)37-22-25-13-14-27(40)19-28(25)34(42)36-17-18-50(43,44)45/h8-14,19-21,38,40H,4-7,15-18,22-24H2,1-3H3,(H,36,42)(H,37,41)(H,43,44,45). The van der Waals surface area contributed by atoms with Crippen molar-refractivity contribution < 1.29 is 40.8 Å². The third-order valence-corrected chi connectivity index (χ3v) is 11.6. The van der Waals surface area contributed by atoms with E-state index >= 15 is 0 Å². The van der Waals surface area contributed by atoms with E-state index in [0.29, 0.717) is 35.5 Å². The van der Waals surface area contributed by atoms with E-state index in [1.807, 2.05) is 36.6 Å². The van der Waals surface area contributed by atoms with Gasteiger partial charge in [0, 0.05) is 37.0 Å². The Hall–Kier alpha value is -3.83. The first-order chi connectivity index (χ1) is 24.2. The van der Waals surface area contributed by atoms with E-state index in [4.69, 9.17) is 9.29 Å². The smallest absolute Gasteiger partial charge is 0.266 e. The van der Waals surface area contributed by atoms with Gasteiger partial charge in [0.25, 0.3) is 21.9 Å². The van der Waals surface area contributed by atoms with Crippen LogP contribution < -0.4 is 25.0 Å². The molecule has 1 aliphatic rings. The third kappa shape index (κ3) is 10.8. The maximum atomic E-state index is 14.2. The summed E-state index contributed by atoms with van der Waals surface area (Å²) < 4.78 is 68.4. The first-order valence-corrected chi connectivity index (χ1v) is 21.1. The molecule has 4 rings (SSSR count). The number of fused-ring (bicyclic) bond motifs is 1. The van der Waals surface area contributed by atoms with Gasteiger partial charge in [0.05, 0.1) is 21.9 Å². The molecule has 1 heterocycles. The molecule has 16 heteroatoms. The number of hydrogen-bond donors (Lipinski definition) is 5. The van der Waals surface area contributed by atoms with Gasteiger partial charge in [0.15, 0.2) is 6.61 Å². The second-order valence-corrected chi connectivity index (χ2v) is 16.5. The van der Waals surface area contributed by atoms with Gasteiger partial charge in [-0.15, -0.1) is 11.8 Å². The fourth-order valence-electron chi connectivity index (χ4n) is 5.95. The number of anilines is 2. The summed E-state index contributed by atoms with van der Waals surface area (Å²) >= 11 is 1.36. The van der Waals surface area contributed by atoms with Gasteiger partial charge in [0.2, 0.25) is 10.0 Å². The maximum Gasteiger partial charge on any atom is 0.266 e. The molecule has 3 aromatic rings. The van der Waals surface area contributed by atoms with Crippen LogP contribution in [0.5, 0.6) is 11.5 Å². The molecule has 0 spiro atoms. The summed E-state index contributed by atoms with van der Waals surface area (Å²) in [6.45, 7) is 3.66. The van der Waals surface area contributed by atoms with Gasteiger partial charge in [-0.1, -0.05) is 63.8 Å². The lowest BCUT2D eigenvalue weighted by molar-refractivity contribution is -0.123. The van der Waals surface area contributed by atoms with Crippen LogP contribution >= 0.6 is 11.8 Å². The van der Waals surface area contributed by atoms with E-state index in [1.54, 1.807) is 6.07 Å². The predicted octanol–water partition coefficient (Wildman–Crippen LogP) is 4.98. The number of rotatable bonds is 17. The molecule has 5 N–H and O–H groups in total. The molecule has 2 amide bonds. The molecule has 0 aliphatic carbocycles. The average molecular weight is 763 g/mol. The second kappa shape index (κ2) is 17.6. The number of ether oxygens (including phenoxy) is 1. The van der Waals surface area contributed by atoms with Gasteiger partial charge >= 0.3 is 0 Å².